The Hall–Kier alpha value is -2.83. The van der Waals surface area contributed by atoms with E-state index in [1.807, 2.05) is 0 Å². The van der Waals surface area contributed by atoms with E-state index < -0.39 is 28.6 Å². The fourth-order valence-corrected chi connectivity index (χ4v) is 3.21. The lowest BCUT2D eigenvalue weighted by Gasteiger charge is -2.37. The summed E-state index contributed by atoms with van der Waals surface area (Å²) < 4.78 is 0. The van der Waals surface area contributed by atoms with Crippen molar-refractivity contribution in [3.63, 3.8) is 0 Å². The number of hydrogen-bond donors (Lipinski definition) is 3. The van der Waals surface area contributed by atoms with Gasteiger partial charge in [0.15, 0.2) is 17.2 Å². The average Bonchev–Trinajstić information content (AvgIpc) is 2.79. The first-order valence-corrected chi connectivity index (χ1v) is 7.36. The topological polar surface area (TPSA) is 123 Å². The largest absolute Gasteiger partial charge is 0.479 e. The van der Waals surface area contributed by atoms with Gasteiger partial charge in [-0.3, -0.25) is 9.59 Å². The Labute approximate surface area is 138 Å². The molecular weight excluding hydrogens is 308 g/mol. The molecule has 6 heteroatoms. The second-order valence-electron chi connectivity index (χ2n) is 5.95. The number of carbonyl (C=O) groups is 3. The van der Waals surface area contributed by atoms with E-state index in [0.717, 1.165) is 0 Å². The van der Waals surface area contributed by atoms with Gasteiger partial charge in [0.2, 0.25) is 0 Å². The molecule has 1 aliphatic carbocycles. The fraction of sp³-hybridized carbons (Fsp3) is 0.167. The molecule has 3 rings (SSSR count). The summed E-state index contributed by atoms with van der Waals surface area (Å²) in [6, 6.07) is 14.8. The Kier molecular flexibility index (Phi) is 3.59. The van der Waals surface area contributed by atoms with Crippen LogP contribution in [0.5, 0.6) is 0 Å². The second kappa shape index (κ2) is 5.36. The van der Waals surface area contributed by atoms with Gasteiger partial charge in [0.1, 0.15) is 5.41 Å². The van der Waals surface area contributed by atoms with Crippen molar-refractivity contribution in [1.29, 1.82) is 0 Å². The predicted molar refractivity (Wildman–Crippen MR) is 86.4 cm³/mol. The maximum absolute atomic E-state index is 13.0. The van der Waals surface area contributed by atoms with Gasteiger partial charge in [0.05, 0.1) is 0 Å². The Balaban J connectivity index is 2.24. The van der Waals surface area contributed by atoms with Crippen molar-refractivity contribution in [2.75, 3.05) is 0 Å². The Morgan fingerprint density at radius 2 is 1.38 bits per heavy atom. The van der Waals surface area contributed by atoms with E-state index in [0.29, 0.717) is 5.56 Å². The van der Waals surface area contributed by atoms with Gasteiger partial charge in [0, 0.05) is 11.1 Å². The molecule has 0 bridgehead atoms. The maximum atomic E-state index is 13.0. The highest BCUT2D eigenvalue weighted by Gasteiger charge is 2.65. The highest BCUT2D eigenvalue weighted by molar-refractivity contribution is 6.32. The van der Waals surface area contributed by atoms with Crippen molar-refractivity contribution in [2.45, 2.75) is 12.1 Å². The number of aliphatic carboxylic acids is 1. The summed E-state index contributed by atoms with van der Waals surface area (Å²) >= 11 is 0. The molecule has 24 heavy (non-hydrogen) atoms. The zero-order chi connectivity index (χ0) is 17.5. The molecule has 2 aromatic rings. The molecule has 6 nitrogen and oxygen atoms in total. The third-order valence-electron chi connectivity index (χ3n) is 4.56. The van der Waals surface area contributed by atoms with E-state index in [4.69, 9.17) is 11.5 Å². The molecule has 0 saturated heterocycles. The number of rotatable bonds is 4. The summed E-state index contributed by atoms with van der Waals surface area (Å²) in [4.78, 5) is 37.8. The molecular formula is C18H16N2O4. The van der Waals surface area contributed by atoms with Crippen LogP contribution in [-0.4, -0.2) is 28.3 Å². The first-order valence-electron chi connectivity index (χ1n) is 7.36. The average molecular weight is 324 g/mol. The van der Waals surface area contributed by atoms with Crippen LogP contribution in [0.15, 0.2) is 54.6 Å². The van der Waals surface area contributed by atoms with Gasteiger partial charge in [-0.25, -0.2) is 4.79 Å². The highest BCUT2D eigenvalue weighted by atomic mass is 16.4. The van der Waals surface area contributed by atoms with E-state index in [-0.39, 0.29) is 17.5 Å². The third kappa shape index (κ3) is 2.01. The number of fused-ring (bicyclic) bond motifs is 1. The van der Waals surface area contributed by atoms with E-state index in [1.165, 1.54) is 12.1 Å². The number of carboxylic acids is 1. The second-order valence-corrected chi connectivity index (χ2v) is 5.95. The summed E-state index contributed by atoms with van der Waals surface area (Å²) in [6.07, 6.45) is -0.181. The summed E-state index contributed by atoms with van der Waals surface area (Å²) in [7, 11) is 0. The molecule has 0 aromatic heterocycles. The number of hydrogen-bond acceptors (Lipinski definition) is 5. The molecule has 0 amide bonds. The van der Waals surface area contributed by atoms with Crippen LogP contribution in [0.25, 0.3) is 0 Å². The van der Waals surface area contributed by atoms with Crippen LogP contribution in [0.2, 0.25) is 0 Å². The molecule has 0 fully saturated rings. The van der Waals surface area contributed by atoms with Crippen LogP contribution in [0.3, 0.4) is 0 Å². The van der Waals surface area contributed by atoms with Crippen LogP contribution in [-0.2, 0) is 11.2 Å². The molecule has 1 aliphatic rings. The molecule has 2 aromatic carbocycles. The van der Waals surface area contributed by atoms with Gasteiger partial charge in [0.25, 0.3) is 0 Å². The lowest BCUT2D eigenvalue weighted by atomic mass is 9.67. The van der Waals surface area contributed by atoms with Crippen molar-refractivity contribution in [3.05, 3.63) is 71.3 Å². The SMILES string of the molecule is NC(N)(C(=O)O)C1(Cc2ccccc2)C(=O)c2ccccc2C1=O. The van der Waals surface area contributed by atoms with Crippen molar-refractivity contribution in [3.8, 4) is 0 Å². The van der Waals surface area contributed by atoms with Gasteiger partial charge in [-0.15, -0.1) is 0 Å². The number of Topliss-reactive ketones (excluding diaryl/α,β-unsaturated/α-hetero) is 2. The van der Waals surface area contributed by atoms with E-state index in [9.17, 15) is 19.5 Å². The lowest BCUT2D eigenvalue weighted by Crippen LogP contribution is -2.72. The maximum Gasteiger partial charge on any atom is 0.340 e. The molecule has 5 N–H and O–H groups in total. The molecule has 0 atom stereocenters. The molecule has 122 valence electrons. The molecule has 0 aliphatic heterocycles. The van der Waals surface area contributed by atoms with Gasteiger partial charge in [-0.2, -0.15) is 0 Å². The Morgan fingerprint density at radius 1 is 0.917 bits per heavy atom. The van der Waals surface area contributed by atoms with Crippen molar-refractivity contribution >= 4 is 17.5 Å². The fourth-order valence-electron chi connectivity index (χ4n) is 3.21. The molecule has 0 saturated carbocycles. The molecule has 0 heterocycles. The van der Waals surface area contributed by atoms with Crippen LogP contribution in [0, 0.1) is 5.41 Å². The molecule has 0 unspecified atom stereocenters. The zero-order valence-corrected chi connectivity index (χ0v) is 12.7. The normalized spacial score (nSPS) is 16.1. The van der Waals surface area contributed by atoms with Gasteiger partial charge >= 0.3 is 5.97 Å². The summed E-state index contributed by atoms with van der Waals surface area (Å²) in [6.45, 7) is 0. The molecule has 0 spiro atoms. The minimum Gasteiger partial charge on any atom is -0.479 e. The zero-order valence-electron chi connectivity index (χ0n) is 12.7. The van der Waals surface area contributed by atoms with Crippen LogP contribution in [0.1, 0.15) is 26.3 Å². The number of carbonyl (C=O) groups excluding carboxylic acids is 2. The van der Waals surface area contributed by atoms with Crippen LogP contribution >= 0.6 is 0 Å². The van der Waals surface area contributed by atoms with E-state index >= 15 is 0 Å². The monoisotopic (exact) mass is 324 g/mol. The van der Waals surface area contributed by atoms with Crippen LogP contribution in [0.4, 0.5) is 0 Å². The predicted octanol–water partition coefficient (Wildman–Crippen LogP) is 0.993. The Bertz CT molecular complexity index is 808. The highest BCUT2D eigenvalue weighted by Crippen LogP contribution is 2.44. The third-order valence-corrected chi connectivity index (χ3v) is 4.56. The van der Waals surface area contributed by atoms with Crippen molar-refractivity contribution in [1.82, 2.24) is 0 Å². The minimum absolute atomic E-state index is 0.153. The lowest BCUT2D eigenvalue weighted by molar-refractivity contribution is -0.146. The summed E-state index contributed by atoms with van der Waals surface area (Å²) in [5.74, 6) is -2.91. The smallest absolute Gasteiger partial charge is 0.340 e. The van der Waals surface area contributed by atoms with Gasteiger partial charge in [-0.1, -0.05) is 54.6 Å². The summed E-state index contributed by atoms with van der Waals surface area (Å²) in [5, 5.41) is 9.51. The van der Waals surface area contributed by atoms with E-state index in [2.05, 4.69) is 0 Å². The van der Waals surface area contributed by atoms with Crippen molar-refractivity contribution in [2.24, 2.45) is 16.9 Å². The number of carboxylic acid groups (broad SMARTS) is 1. The number of benzene rings is 2. The van der Waals surface area contributed by atoms with Gasteiger partial charge in [-0.05, 0) is 12.0 Å². The van der Waals surface area contributed by atoms with Gasteiger partial charge < -0.3 is 16.6 Å². The Morgan fingerprint density at radius 3 is 1.83 bits per heavy atom. The van der Waals surface area contributed by atoms with E-state index in [1.54, 1.807) is 42.5 Å². The standard InChI is InChI=1S/C18H16N2O4/c19-18(20,16(23)24)17(10-11-6-2-1-3-7-11)14(21)12-8-4-5-9-13(12)15(17)22/h1-9H,10,19-20H2,(H,23,24). The summed E-state index contributed by atoms with van der Waals surface area (Å²) in [5.41, 5.74) is 7.99. The van der Waals surface area contributed by atoms with Crippen molar-refractivity contribution < 1.29 is 19.5 Å². The number of nitrogens with two attached hydrogens (primary N) is 2. The quantitative estimate of drug-likeness (QED) is 0.569. The number of ketones is 2. The minimum atomic E-state index is -2.53. The first-order chi connectivity index (χ1) is 11.3. The molecule has 0 radical (unpaired) electrons. The van der Waals surface area contributed by atoms with Crippen LogP contribution < -0.4 is 11.5 Å². The first kappa shape index (κ1) is 16.0.